The lowest BCUT2D eigenvalue weighted by Crippen LogP contribution is -2.39. The zero-order valence-corrected chi connectivity index (χ0v) is 14.5. The molecule has 4 nitrogen and oxygen atoms in total. The second kappa shape index (κ2) is 9.08. The number of hydrogen-bond acceptors (Lipinski definition) is 2. The Morgan fingerprint density at radius 2 is 1.75 bits per heavy atom. The Labute approximate surface area is 144 Å². The molecule has 2 rings (SSSR count). The third kappa shape index (κ3) is 5.10. The van der Waals surface area contributed by atoms with E-state index in [1.54, 1.807) is 0 Å². The summed E-state index contributed by atoms with van der Waals surface area (Å²) in [4.78, 5) is 14.4. The van der Waals surface area contributed by atoms with E-state index in [4.69, 9.17) is 5.11 Å². The van der Waals surface area contributed by atoms with Crippen LogP contribution in [0.2, 0.25) is 0 Å². The van der Waals surface area contributed by atoms with Crippen molar-refractivity contribution in [1.29, 1.82) is 0 Å². The van der Waals surface area contributed by atoms with Crippen molar-refractivity contribution >= 4 is 6.03 Å². The Morgan fingerprint density at radius 1 is 1.08 bits per heavy atom. The van der Waals surface area contributed by atoms with Gasteiger partial charge in [0.25, 0.3) is 0 Å². The fourth-order valence-electron chi connectivity index (χ4n) is 2.57. The molecule has 0 spiro atoms. The van der Waals surface area contributed by atoms with E-state index in [0.29, 0.717) is 13.1 Å². The van der Waals surface area contributed by atoms with Crippen LogP contribution in [-0.2, 0) is 19.7 Å². The third-order valence-electron chi connectivity index (χ3n) is 4.05. The maximum Gasteiger partial charge on any atom is 0.317 e. The average molecular weight is 326 g/mol. The van der Waals surface area contributed by atoms with Crippen molar-refractivity contribution in [3.63, 3.8) is 0 Å². The van der Waals surface area contributed by atoms with Crippen LogP contribution < -0.4 is 5.32 Å². The minimum atomic E-state index is -0.0497. The third-order valence-corrected chi connectivity index (χ3v) is 4.05. The number of aliphatic hydroxyl groups is 1. The summed E-state index contributed by atoms with van der Waals surface area (Å²) < 4.78 is 0. The molecule has 2 aromatic carbocycles. The number of hydrogen-bond donors (Lipinski definition) is 2. The Balaban J connectivity index is 1.96. The first kappa shape index (κ1) is 18.0. The molecule has 0 aliphatic carbocycles. The zero-order chi connectivity index (χ0) is 17.4. The second-order valence-corrected chi connectivity index (χ2v) is 5.98. The molecule has 4 heteroatoms. The highest BCUT2D eigenvalue weighted by atomic mass is 16.3. The predicted molar refractivity (Wildman–Crippen MR) is 96.5 cm³/mol. The smallest absolute Gasteiger partial charge is 0.317 e. The molecule has 0 saturated carbocycles. The largest absolute Gasteiger partial charge is 0.392 e. The van der Waals surface area contributed by atoms with E-state index in [1.165, 1.54) is 11.1 Å². The van der Waals surface area contributed by atoms with Gasteiger partial charge in [-0.3, -0.25) is 0 Å². The van der Waals surface area contributed by atoms with Gasteiger partial charge >= 0.3 is 6.03 Å². The molecular weight excluding hydrogens is 300 g/mol. The van der Waals surface area contributed by atoms with Gasteiger partial charge in [0.2, 0.25) is 0 Å². The maximum absolute atomic E-state index is 12.5. The number of benzene rings is 2. The van der Waals surface area contributed by atoms with Crippen molar-refractivity contribution in [1.82, 2.24) is 10.2 Å². The van der Waals surface area contributed by atoms with Gasteiger partial charge < -0.3 is 15.3 Å². The van der Waals surface area contributed by atoms with E-state index < -0.39 is 0 Å². The van der Waals surface area contributed by atoms with Crippen molar-refractivity contribution in [2.45, 2.75) is 40.0 Å². The molecule has 128 valence electrons. The van der Waals surface area contributed by atoms with Crippen LogP contribution in [0.15, 0.2) is 48.5 Å². The molecule has 0 radical (unpaired) electrons. The van der Waals surface area contributed by atoms with Gasteiger partial charge in [-0.25, -0.2) is 4.79 Å². The number of aryl methyl sites for hydroxylation is 1. The number of aliphatic hydroxyl groups excluding tert-OH is 1. The van der Waals surface area contributed by atoms with Gasteiger partial charge in [-0.05, 0) is 35.6 Å². The van der Waals surface area contributed by atoms with Crippen LogP contribution >= 0.6 is 0 Å². The quantitative estimate of drug-likeness (QED) is 0.816. The minimum absolute atomic E-state index is 0.0351. The average Bonchev–Trinajstić information content (AvgIpc) is 2.61. The summed E-state index contributed by atoms with van der Waals surface area (Å²) in [5.74, 6) is 0. The fraction of sp³-hybridized carbons (Fsp3) is 0.350. The lowest BCUT2D eigenvalue weighted by molar-refractivity contribution is 0.194. The summed E-state index contributed by atoms with van der Waals surface area (Å²) in [5, 5.41) is 12.1. The van der Waals surface area contributed by atoms with Crippen LogP contribution in [0.5, 0.6) is 0 Å². The molecule has 2 N–H and O–H groups in total. The maximum atomic E-state index is 12.5. The highest BCUT2D eigenvalue weighted by molar-refractivity contribution is 5.74. The SMILES string of the molecule is CCCN(Cc1ccccc1C)C(=O)NCc1ccc(CO)cc1. The molecule has 0 saturated heterocycles. The second-order valence-electron chi connectivity index (χ2n) is 5.98. The van der Waals surface area contributed by atoms with E-state index in [1.807, 2.05) is 41.3 Å². The fourth-order valence-corrected chi connectivity index (χ4v) is 2.57. The Kier molecular flexibility index (Phi) is 6.82. The number of urea groups is 1. The van der Waals surface area contributed by atoms with Crippen molar-refractivity contribution in [3.05, 3.63) is 70.8 Å². The Hall–Kier alpha value is -2.33. The van der Waals surface area contributed by atoms with E-state index in [2.05, 4.69) is 31.3 Å². The zero-order valence-electron chi connectivity index (χ0n) is 14.5. The minimum Gasteiger partial charge on any atom is -0.392 e. The van der Waals surface area contributed by atoms with E-state index in [9.17, 15) is 4.79 Å². The molecule has 2 aromatic rings. The molecule has 0 aromatic heterocycles. The van der Waals surface area contributed by atoms with Gasteiger partial charge in [0.15, 0.2) is 0 Å². The normalized spacial score (nSPS) is 10.5. The molecule has 24 heavy (non-hydrogen) atoms. The monoisotopic (exact) mass is 326 g/mol. The lowest BCUT2D eigenvalue weighted by atomic mass is 10.1. The van der Waals surface area contributed by atoms with E-state index >= 15 is 0 Å². The lowest BCUT2D eigenvalue weighted by Gasteiger charge is -2.23. The van der Waals surface area contributed by atoms with Crippen molar-refractivity contribution in [2.75, 3.05) is 6.54 Å². The van der Waals surface area contributed by atoms with Crippen molar-refractivity contribution in [2.24, 2.45) is 0 Å². The first-order valence-corrected chi connectivity index (χ1v) is 8.40. The standard InChI is InChI=1S/C20H26N2O2/c1-3-12-22(14-19-7-5-4-6-16(19)2)20(24)21-13-17-8-10-18(15-23)11-9-17/h4-11,23H,3,12-15H2,1-2H3,(H,21,24). The molecular formula is C20H26N2O2. The van der Waals surface area contributed by atoms with Crippen LogP contribution in [0.4, 0.5) is 4.79 Å². The number of rotatable bonds is 7. The summed E-state index contributed by atoms with van der Waals surface area (Å²) in [6, 6.07) is 15.7. The van der Waals surface area contributed by atoms with Gasteiger partial charge in [0, 0.05) is 19.6 Å². The van der Waals surface area contributed by atoms with Gasteiger partial charge in [0.05, 0.1) is 6.61 Å². The summed E-state index contributed by atoms with van der Waals surface area (Å²) in [6.07, 6.45) is 0.921. The van der Waals surface area contributed by atoms with E-state index in [-0.39, 0.29) is 12.6 Å². The topological polar surface area (TPSA) is 52.6 Å². The van der Waals surface area contributed by atoms with Gasteiger partial charge in [-0.1, -0.05) is 55.5 Å². The first-order chi connectivity index (χ1) is 11.6. The molecule has 0 bridgehead atoms. The molecule has 2 amide bonds. The van der Waals surface area contributed by atoms with Crippen molar-refractivity contribution in [3.8, 4) is 0 Å². The van der Waals surface area contributed by atoms with Crippen LogP contribution in [0.1, 0.15) is 35.6 Å². The summed E-state index contributed by atoms with van der Waals surface area (Å²) in [6.45, 7) is 6.01. The highest BCUT2D eigenvalue weighted by Crippen LogP contribution is 2.11. The molecule has 0 unspecified atom stereocenters. The van der Waals surface area contributed by atoms with Crippen molar-refractivity contribution < 1.29 is 9.90 Å². The predicted octanol–water partition coefficient (Wildman–Crippen LogP) is 3.61. The highest BCUT2D eigenvalue weighted by Gasteiger charge is 2.13. The molecule has 0 aliphatic heterocycles. The Morgan fingerprint density at radius 3 is 2.38 bits per heavy atom. The molecule has 0 heterocycles. The number of nitrogens with one attached hydrogen (secondary N) is 1. The molecule has 0 atom stereocenters. The van der Waals surface area contributed by atoms with Crippen LogP contribution in [0.3, 0.4) is 0 Å². The van der Waals surface area contributed by atoms with E-state index in [0.717, 1.165) is 24.1 Å². The van der Waals surface area contributed by atoms with Crippen LogP contribution in [0, 0.1) is 6.92 Å². The molecule has 0 fully saturated rings. The summed E-state index contributed by atoms with van der Waals surface area (Å²) >= 11 is 0. The summed E-state index contributed by atoms with van der Waals surface area (Å²) in [7, 11) is 0. The molecule has 0 aliphatic rings. The number of carbonyl (C=O) groups is 1. The van der Waals surface area contributed by atoms with Crippen LogP contribution in [0.25, 0.3) is 0 Å². The van der Waals surface area contributed by atoms with Gasteiger partial charge in [-0.15, -0.1) is 0 Å². The van der Waals surface area contributed by atoms with Gasteiger partial charge in [0.1, 0.15) is 0 Å². The first-order valence-electron chi connectivity index (χ1n) is 8.40. The Bertz CT molecular complexity index is 653. The van der Waals surface area contributed by atoms with Gasteiger partial charge in [-0.2, -0.15) is 0 Å². The number of carbonyl (C=O) groups excluding carboxylic acids is 1. The number of amides is 2. The number of nitrogens with zero attached hydrogens (tertiary/aromatic N) is 1. The summed E-state index contributed by atoms with van der Waals surface area (Å²) in [5.41, 5.74) is 4.27. The van der Waals surface area contributed by atoms with Crippen LogP contribution in [-0.4, -0.2) is 22.6 Å².